The zero-order valence-corrected chi connectivity index (χ0v) is 20.6. The fourth-order valence-electron chi connectivity index (χ4n) is 4.92. The summed E-state index contributed by atoms with van der Waals surface area (Å²) in [6.07, 6.45) is 1.66. The van der Waals surface area contributed by atoms with Crippen molar-refractivity contribution >= 4 is 17.5 Å². The number of carbonyl (C=O) groups excluding carboxylic acids is 2. The summed E-state index contributed by atoms with van der Waals surface area (Å²) in [5.41, 5.74) is 4.40. The molecule has 0 aliphatic carbocycles. The number of aryl methyl sites for hydroxylation is 1. The molecule has 0 spiro atoms. The van der Waals surface area contributed by atoms with Crippen molar-refractivity contribution in [3.63, 3.8) is 0 Å². The Morgan fingerprint density at radius 1 is 1.31 bits per heavy atom. The van der Waals surface area contributed by atoms with Crippen molar-refractivity contribution in [1.29, 1.82) is 0 Å². The van der Waals surface area contributed by atoms with Gasteiger partial charge >= 0.3 is 0 Å². The second kappa shape index (κ2) is 10.2. The molecule has 1 aromatic heterocycles. The first-order chi connectivity index (χ1) is 17.4. The van der Waals surface area contributed by atoms with Crippen LogP contribution in [0.4, 0.5) is 5.69 Å². The minimum absolute atomic E-state index is 0.0222. The molecule has 2 aliphatic heterocycles. The van der Waals surface area contributed by atoms with E-state index < -0.39 is 0 Å². The Kier molecular flexibility index (Phi) is 6.84. The number of aliphatic hydroxyl groups excluding tert-OH is 1. The van der Waals surface area contributed by atoms with Crippen molar-refractivity contribution in [3.05, 3.63) is 65.0 Å². The molecule has 1 saturated heterocycles. The Bertz CT molecular complexity index is 1270. The topological polar surface area (TPSA) is 112 Å². The molecule has 1 unspecified atom stereocenters. The van der Waals surface area contributed by atoms with Crippen LogP contribution in [0.25, 0.3) is 11.4 Å². The molecular weight excluding hydrogens is 458 g/mol. The van der Waals surface area contributed by atoms with Crippen molar-refractivity contribution in [3.8, 4) is 11.4 Å². The van der Waals surface area contributed by atoms with Crippen LogP contribution < -0.4 is 5.32 Å². The lowest BCUT2D eigenvalue weighted by molar-refractivity contribution is -0.131. The Hall–Kier alpha value is -3.56. The van der Waals surface area contributed by atoms with E-state index in [-0.39, 0.29) is 30.4 Å². The van der Waals surface area contributed by atoms with Gasteiger partial charge in [0.25, 0.3) is 0 Å². The first-order valence-corrected chi connectivity index (χ1v) is 12.4. The van der Waals surface area contributed by atoms with Gasteiger partial charge in [0, 0.05) is 44.4 Å². The van der Waals surface area contributed by atoms with E-state index in [1.165, 1.54) is 0 Å². The van der Waals surface area contributed by atoms with Crippen LogP contribution in [0.15, 0.2) is 47.0 Å². The minimum Gasteiger partial charge on any atom is -0.392 e. The van der Waals surface area contributed by atoms with Crippen LogP contribution in [0.1, 0.15) is 42.0 Å². The van der Waals surface area contributed by atoms with E-state index in [1.54, 1.807) is 4.90 Å². The molecule has 3 aromatic rings. The molecule has 2 atom stereocenters. The van der Waals surface area contributed by atoms with Gasteiger partial charge in [0.05, 0.1) is 25.0 Å². The number of aliphatic hydroxyl groups is 1. The third-order valence-corrected chi connectivity index (χ3v) is 6.99. The third kappa shape index (κ3) is 5.17. The summed E-state index contributed by atoms with van der Waals surface area (Å²) in [5.74, 6) is 1.06. The van der Waals surface area contributed by atoms with Gasteiger partial charge in [-0.1, -0.05) is 42.4 Å². The van der Waals surface area contributed by atoms with Crippen LogP contribution in [0, 0.1) is 0 Å². The standard InChI is InChI=1S/C27H31N5O4/c1-3-25-29-27(30-36-25)20-6-4-5-19(13-20)23(16-32-10-9-21(33)15-32)31(2)26(35)12-17-7-8-18-14-24(34)28-22(18)11-17/h4-8,11,13,21,23,33H,3,9-10,12,14-16H2,1-2H3,(H,28,34)/t21?,23-/m1/s1. The second-order valence-corrected chi connectivity index (χ2v) is 9.61. The van der Waals surface area contributed by atoms with Crippen LogP contribution >= 0.6 is 0 Å². The number of likely N-dealkylation sites (N-methyl/N-ethyl adjacent to an activating group) is 1. The monoisotopic (exact) mass is 489 g/mol. The molecule has 1 fully saturated rings. The summed E-state index contributed by atoms with van der Waals surface area (Å²) >= 11 is 0. The molecule has 3 heterocycles. The van der Waals surface area contributed by atoms with Gasteiger partial charge in [-0.25, -0.2) is 0 Å². The predicted octanol–water partition coefficient (Wildman–Crippen LogP) is 2.60. The molecule has 5 rings (SSSR count). The highest BCUT2D eigenvalue weighted by Gasteiger charge is 2.29. The fraction of sp³-hybridized carbons (Fsp3) is 0.407. The van der Waals surface area contributed by atoms with Crippen LogP contribution in [0.5, 0.6) is 0 Å². The number of hydrogen-bond acceptors (Lipinski definition) is 7. The van der Waals surface area contributed by atoms with Crippen molar-refractivity contribution < 1.29 is 19.2 Å². The molecule has 188 valence electrons. The first-order valence-electron chi connectivity index (χ1n) is 12.4. The quantitative estimate of drug-likeness (QED) is 0.500. The van der Waals surface area contributed by atoms with E-state index in [0.29, 0.717) is 37.6 Å². The van der Waals surface area contributed by atoms with Gasteiger partial charge in [-0.05, 0) is 35.2 Å². The van der Waals surface area contributed by atoms with Gasteiger partial charge in [0.2, 0.25) is 23.5 Å². The van der Waals surface area contributed by atoms with Crippen LogP contribution in [0.2, 0.25) is 0 Å². The maximum Gasteiger partial charge on any atom is 0.228 e. The van der Waals surface area contributed by atoms with Gasteiger partial charge < -0.3 is 19.8 Å². The lowest BCUT2D eigenvalue weighted by atomic mass is 10.0. The lowest BCUT2D eigenvalue weighted by Crippen LogP contribution is -2.39. The summed E-state index contributed by atoms with van der Waals surface area (Å²) in [4.78, 5) is 33.6. The van der Waals surface area contributed by atoms with E-state index in [1.807, 2.05) is 56.4 Å². The van der Waals surface area contributed by atoms with Gasteiger partial charge in [0.15, 0.2) is 0 Å². The molecule has 2 aliphatic rings. The van der Waals surface area contributed by atoms with Gasteiger partial charge in [-0.3, -0.25) is 14.5 Å². The maximum absolute atomic E-state index is 13.5. The maximum atomic E-state index is 13.5. The number of rotatable bonds is 8. The highest BCUT2D eigenvalue weighted by atomic mass is 16.5. The lowest BCUT2D eigenvalue weighted by Gasteiger charge is -2.32. The average Bonchev–Trinajstić information content (AvgIpc) is 3.61. The SMILES string of the molecule is CCc1nc(-c2cccc([C@@H](CN3CCC(O)C3)N(C)C(=O)Cc3ccc4c(c3)NC(=O)C4)c2)no1. The number of anilines is 1. The fourth-order valence-corrected chi connectivity index (χ4v) is 4.92. The summed E-state index contributed by atoms with van der Waals surface area (Å²) < 4.78 is 5.29. The predicted molar refractivity (Wildman–Crippen MR) is 134 cm³/mol. The first kappa shape index (κ1) is 24.1. The Morgan fingerprint density at radius 2 is 2.17 bits per heavy atom. The highest BCUT2D eigenvalue weighted by Crippen LogP contribution is 2.29. The van der Waals surface area contributed by atoms with Gasteiger partial charge in [-0.2, -0.15) is 4.98 Å². The van der Waals surface area contributed by atoms with E-state index in [0.717, 1.165) is 40.9 Å². The third-order valence-electron chi connectivity index (χ3n) is 6.99. The summed E-state index contributed by atoms with van der Waals surface area (Å²) in [7, 11) is 1.82. The zero-order valence-electron chi connectivity index (χ0n) is 20.6. The van der Waals surface area contributed by atoms with Crippen molar-refractivity contribution in [1.82, 2.24) is 19.9 Å². The number of aromatic nitrogens is 2. The van der Waals surface area contributed by atoms with Gasteiger partial charge in [-0.15, -0.1) is 0 Å². The number of nitrogens with one attached hydrogen (secondary N) is 1. The molecule has 2 aromatic carbocycles. The molecule has 2 N–H and O–H groups in total. The number of likely N-dealkylation sites (tertiary alicyclic amines) is 1. The molecule has 9 heteroatoms. The molecule has 0 radical (unpaired) electrons. The zero-order chi connectivity index (χ0) is 25.2. The van der Waals surface area contributed by atoms with E-state index in [2.05, 4.69) is 20.4 Å². The molecule has 0 bridgehead atoms. The summed E-state index contributed by atoms with van der Waals surface area (Å²) in [5, 5.41) is 17.0. The largest absolute Gasteiger partial charge is 0.392 e. The number of benzene rings is 2. The number of fused-ring (bicyclic) bond motifs is 1. The Labute approximate surface area is 210 Å². The summed E-state index contributed by atoms with van der Waals surface area (Å²) in [6, 6.07) is 13.4. The average molecular weight is 490 g/mol. The number of amides is 2. The van der Waals surface area contributed by atoms with Crippen molar-refractivity contribution in [2.45, 2.75) is 44.8 Å². The summed E-state index contributed by atoms with van der Waals surface area (Å²) in [6.45, 7) is 3.95. The molecule has 36 heavy (non-hydrogen) atoms. The minimum atomic E-state index is -0.341. The number of nitrogens with zero attached hydrogens (tertiary/aromatic N) is 4. The number of β-amino-alcohol motifs (C(OH)–C–C–N with tert-alkyl or cyclic N) is 1. The van der Waals surface area contributed by atoms with E-state index in [9.17, 15) is 14.7 Å². The Balaban J connectivity index is 1.39. The molecule has 9 nitrogen and oxygen atoms in total. The highest BCUT2D eigenvalue weighted by molar-refractivity contribution is 5.99. The Morgan fingerprint density at radius 3 is 2.92 bits per heavy atom. The molecular formula is C27H31N5O4. The van der Waals surface area contributed by atoms with Crippen LogP contribution in [-0.2, 0) is 28.9 Å². The van der Waals surface area contributed by atoms with Crippen LogP contribution in [-0.4, -0.2) is 69.6 Å². The van der Waals surface area contributed by atoms with Gasteiger partial charge in [0.1, 0.15) is 0 Å². The number of hydrogen-bond donors (Lipinski definition) is 2. The van der Waals surface area contributed by atoms with Crippen molar-refractivity contribution in [2.24, 2.45) is 0 Å². The molecule has 0 saturated carbocycles. The molecule has 2 amide bonds. The number of carbonyl (C=O) groups is 2. The van der Waals surface area contributed by atoms with Crippen molar-refractivity contribution in [2.75, 3.05) is 32.0 Å². The second-order valence-electron chi connectivity index (χ2n) is 9.61. The smallest absolute Gasteiger partial charge is 0.228 e. The van der Waals surface area contributed by atoms with E-state index >= 15 is 0 Å². The normalized spacial score (nSPS) is 18.2. The van der Waals surface area contributed by atoms with E-state index in [4.69, 9.17) is 4.52 Å². The van der Waals surface area contributed by atoms with Crippen LogP contribution in [0.3, 0.4) is 0 Å².